The van der Waals surface area contributed by atoms with Crippen LogP contribution in [0.15, 0.2) is 36.5 Å². The maximum absolute atomic E-state index is 13.2. The lowest BCUT2D eigenvalue weighted by atomic mass is 9.91. The highest BCUT2D eigenvalue weighted by Crippen LogP contribution is 2.42. The predicted octanol–water partition coefficient (Wildman–Crippen LogP) is 4.53. The molecule has 1 aliphatic heterocycles. The fourth-order valence-corrected chi connectivity index (χ4v) is 3.66. The van der Waals surface area contributed by atoms with Crippen LogP contribution in [0.5, 0.6) is 0 Å². The topological polar surface area (TPSA) is 121 Å². The normalized spacial score (nSPS) is 20.3. The Morgan fingerprint density at radius 3 is 2.67 bits per heavy atom. The summed E-state index contributed by atoms with van der Waals surface area (Å²) in [5.41, 5.74) is -1.47. The lowest BCUT2D eigenvalue weighted by Crippen LogP contribution is -2.35. The molecular weight excluding hydrogens is 430 g/mol. The molecular formula is C23H27N3O7. The molecule has 176 valence electrons. The quantitative estimate of drug-likeness (QED) is 0.352. The monoisotopic (exact) mass is 457 g/mol. The number of methoxy groups -OCH3 is 1. The summed E-state index contributed by atoms with van der Waals surface area (Å²) >= 11 is 0. The Labute approximate surface area is 191 Å². The largest absolute Gasteiger partial charge is 0.443 e. The fraction of sp³-hybridized carbons (Fsp3) is 0.435. The molecule has 1 amide bonds. The number of carbonyl (C=O) groups excluding carboxylic acids is 2. The second-order valence-electron chi connectivity index (χ2n) is 8.91. The van der Waals surface area contributed by atoms with Crippen LogP contribution in [0.2, 0.25) is 0 Å². The second kappa shape index (κ2) is 9.24. The van der Waals surface area contributed by atoms with Crippen molar-refractivity contribution in [2.75, 3.05) is 18.6 Å². The molecule has 2 unspecified atom stereocenters. The Bertz CT molecular complexity index is 1070. The molecule has 0 bridgehead atoms. The van der Waals surface area contributed by atoms with Gasteiger partial charge in [-0.15, -0.1) is 0 Å². The van der Waals surface area contributed by atoms with Crippen molar-refractivity contribution < 1.29 is 28.7 Å². The van der Waals surface area contributed by atoms with Crippen LogP contribution in [0.4, 0.5) is 22.0 Å². The number of benzene rings is 1. The summed E-state index contributed by atoms with van der Waals surface area (Å²) in [5, 5.41) is 12.1. The van der Waals surface area contributed by atoms with Gasteiger partial charge in [-0.1, -0.05) is 6.07 Å². The standard InChI is InChI=1S/C23H27N3O7/c1-22(2,3)33-21(28)25(20-15(13-27)7-6-10-24-20)18-9-8-16(11-19(18)26(29)30)23(4)12-17(31-5)14-32-23/h6-11,13,17H,12,14H2,1-5H3. The molecule has 0 saturated carbocycles. The summed E-state index contributed by atoms with van der Waals surface area (Å²) in [4.78, 5) is 41.4. The van der Waals surface area contributed by atoms with Gasteiger partial charge < -0.3 is 14.2 Å². The van der Waals surface area contributed by atoms with E-state index < -0.39 is 22.2 Å². The van der Waals surface area contributed by atoms with Crippen molar-refractivity contribution in [1.29, 1.82) is 0 Å². The van der Waals surface area contributed by atoms with Crippen LogP contribution in [0.25, 0.3) is 0 Å². The second-order valence-corrected chi connectivity index (χ2v) is 8.91. The molecule has 1 fully saturated rings. The van der Waals surface area contributed by atoms with E-state index >= 15 is 0 Å². The summed E-state index contributed by atoms with van der Waals surface area (Å²) in [7, 11) is 1.58. The van der Waals surface area contributed by atoms with Crippen LogP contribution in [-0.4, -0.2) is 47.7 Å². The van der Waals surface area contributed by atoms with Gasteiger partial charge in [-0.3, -0.25) is 14.9 Å². The van der Waals surface area contributed by atoms with Crippen LogP contribution < -0.4 is 4.90 Å². The van der Waals surface area contributed by atoms with Crippen molar-refractivity contribution in [2.24, 2.45) is 0 Å². The van der Waals surface area contributed by atoms with E-state index in [0.717, 1.165) is 4.90 Å². The van der Waals surface area contributed by atoms with Crippen molar-refractivity contribution in [1.82, 2.24) is 4.98 Å². The Hall–Kier alpha value is -3.37. The Balaban J connectivity index is 2.16. The smallest absolute Gasteiger partial charge is 0.420 e. The van der Waals surface area contributed by atoms with E-state index in [9.17, 15) is 19.7 Å². The zero-order chi connectivity index (χ0) is 24.4. The number of hydrogen-bond donors (Lipinski definition) is 0. The van der Waals surface area contributed by atoms with E-state index in [-0.39, 0.29) is 28.9 Å². The van der Waals surface area contributed by atoms with Gasteiger partial charge in [-0.05, 0) is 51.5 Å². The van der Waals surface area contributed by atoms with Crippen LogP contribution in [0.3, 0.4) is 0 Å². The van der Waals surface area contributed by atoms with E-state index in [0.29, 0.717) is 24.9 Å². The number of rotatable bonds is 6. The first kappa shape index (κ1) is 24.3. The molecule has 1 aliphatic rings. The summed E-state index contributed by atoms with van der Waals surface area (Å²) in [5.74, 6) is -0.0691. The molecule has 0 N–H and O–H groups in total. The van der Waals surface area contributed by atoms with Crippen molar-refractivity contribution in [3.8, 4) is 0 Å². The Morgan fingerprint density at radius 2 is 2.09 bits per heavy atom. The number of anilines is 2. The van der Waals surface area contributed by atoms with Crippen molar-refractivity contribution in [3.05, 3.63) is 57.8 Å². The average Bonchev–Trinajstić information content (AvgIpc) is 3.15. The maximum atomic E-state index is 13.2. The molecule has 2 atom stereocenters. The lowest BCUT2D eigenvalue weighted by molar-refractivity contribution is -0.384. The van der Waals surface area contributed by atoms with Crippen molar-refractivity contribution >= 4 is 29.6 Å². The first-order valence-corrected chi connectivity index (χ1v) is 10.4. The Morgan fingerprint density at radius 1 is 1.36 bits per heavy atom. The molecule has 2 heterocycles. The molecule has 33 heavy (non-hydrogen) atoms. The molecule has 1 aromatic heterocycles. The van der Waals surface area contributed by atoms with Gasteiger partial charge in [-0.25, -0.2) is 14.7 Å². The van der Waals surface area contributed by atoms with Gasteiger partial charge in [0.25, 0.3) is 5.69 Å². The predicted molar refractivity (Wildman–Crippen MR) is 120 cm³/mol. The van der Waals surface area contributed by atoms with Gasteiger partial charge in [0.05, 0.1) is 28.8 Å². The van der Waals surface area contributed by atoms with E-state index in [4.69, 9.17) is 14.2 Å². The van der Waals surface area contributed by atoms with Gasteiger partial charge in [0.15, 0.2) is 12.1 Å². The number of nitro benzene ring substituents is 1. The lowest BCUT2D eigenvalue weighted by Gasteiger charge is -2.28. The number of nitro groups is 1. The summed E-state index contributed by atoms with van der Waals surface area (Å²) in [6.07, 6.45) is 1.40. The molecule has 10 nitrogen and oxygen atoms in total. The number of ether oxygens (including phenoxy) is 3. The molecule has 1 aromatic carbocycles. The van der Waals surface area contributed by atoms with Gasteiger partial charge >= 0.3 is 6.09 Å². The van der Waals surface area contributed by atoms with Gasteiger partial charge in [0.1, 0.15) is 11.3 Å². The van der Waals surface area contributed by atoms with Gasteiger partial charge in [-0.2, -0.15) is 0 Å². The molecule has 1 saturated heterocycles. The minimum atomic E-state index is -0.900. The molecule has 3 rings (SSSR count). The first-order chi connectivity index (χ1) is 15.5. The van der Waals surface area contributed by atoms with E-state index in [1.54, 1.807) is 33.9 Å². The third kappa shape index (κ3) is 5.18. The third-order valence-corrected chi connectivity index (χ3v) is 5.29. The number of amides is 1. The minimum absolute atomic E-state index is 0.0691. The summed E-state index contributed by atoms with van der Waals surface area (Å²) in [6, 6.07) is 7.46. The Kier molecular flexibility index (Phi) is 6.80. The van der Waals surface area contributed by atoms with E-state index in [1.165, 1.54) is 30.5 Å². The highest BCUT2D eigenvalue weighted by molar-refractivity contribution is 6.01. The van der Waals surface area contributed by atoms with Crippen LogP contribution in [0.1, 0.15) is 50.0 Å². The summed E-state index contributed by atoms with van der Waals surface area (Å²) in [6.45, 7) is 7.21. The van der Waals surface area contributed by atoms with Crippen molar-refractivity contribution in [3.63, 3.8) is 0 Å². The van der Waals surface area contributed by atoms with E-state index in [2.05, 4.69) is 4.98 Å². The van der Waals surface area contributed by atoms with E-state index in [1.807, 2.05) is 6.92 Å². The SMILES string of the molecule is COC1COC(C)(c2ccc(N(C(=O)OC(C)(C)C)c3ncccc3C=O)c([N+](=O)[O-])c2)C1. The molecule has 0 spiro atoms. The molecule has 0 radical (unpaired) electrons. The maximum Gasteiger partial charge on any atom is 0.420 e. The van der Waals surface area contributed by atoms with Crippen LogP contribution in [-0.2, 0) is 19.8 Å². The number of aldehydes is 1. The number of carbonyl (C=O) groups is 2. The minimum Gasteiger partial charge on any atom is -0.443 e. The first-order valence-electron chi connectivity index (χ1n) is 10.4. The number of hydrogen-bond acceptors (Lipinski definition) is 8. The molecule has 0 aliphatic carbocycles. The van der Waals surface area contributed by atoms with Gasteiger partial charge in [0.2, 0.25) is 0 Å². The molecule has 10 heteroatoms. The zero-order valence-corrected chi connectivity index (χ0v) is 19.2. The average molecular weight is 457 g/mol. The van der Waals surface area contributed by atoms with Crippen molar-refractivity contribution in [2.45, 2.75) is 51.4 Å². The summed E-state index contributed by atoms with van der Waals surface area (Å²) < 4.78 is 16.7. The number of aromatic nitrogens is 1. The van der Waals surface area contributed by atoms with Gasteiger partial charge in [0, 0.05) is 25.8 Å². The number of nitrogens with zero attached hydrogens (tertiary/aromatic N) is 3. The molecule has 2 aromatic rings. The van der Waals surface area contributed by atoms with Crippen LogP contribution in [0, 0.1) is 10.1 Å². The number of pyridine rings is 1. The highest BCUT2D eigenvalue weighted by atomic mass is 16.6. The third-order valence-electron chi connectivity index (χ3n) is 5.29. The fourth-order valence-electron chi connectivity index (χ4n) is 3.66. The van der Waals surface area contributed by atoms with Crippen LogP contribution >= 0.6 is 0 Å². The zero-order valence-electron chi connectivity index (χ0n) is 19.2. The highest BCUT2D eigenvalue weighted by Gasteiger charge is 2.40.